The van der Waals surface area contributed by atoms with E-state index in [1.54, 1.807) is 18.1 Å². The third-order valence-electron chi connectivity index (χ3n) is 3.82. The van der Waals surface area contributed by atoms with Crippen molar-refractivity contribution in [3.05, 3.63) is 53.8 Å². The van der Waals surface area contributed by atoms with E-state index in [2.05, 4.69) is 17.2 Å². The zero-order valence-corrected chi connectivity index (χ0v) is 12.3. The average molecular weight is 299 g/mol. The third kappa shape index (κ3) is 2.22. The molecule has 2 N–H and O–H groups in total. The molecule has 1 aromatic rings. The molecule has 0 aromatic heterocycles. The minimum Gasteiger partial charge on any atom is -0.496 e. The molecule has 2 aliphatic heterocycles. The SMILES string of the molecule is C=CCN1CC2=C(C1=O)[C@H](c1ccccc1OC)NC(=O)N2. The molecule has 6 heteroatoms. The first-order valence-electron chi connectivity index (χ1n) is 6.99. The van der Waals surface area contributed by atoms with E-state index in [-0.39, 0.29) is 11.9 Å². The van der Waals surface area contributed by atoms with Gasteiger partial charge in [0, 0.05) is 12.1 Å². The van der Waals surface area contributed by atoms with Gasteiger partial charge < -0.3 is 20.3 Å². The van der Waals surface area contributed by atoms with Gasteiger partial charge in [0.1, 0.15) is 5.75 Å². The van der Waals surface area contributed by atoms with Crippen LogP contribution < -0.4 is 15.4 Å². The summed E-state index contributed by atoms with van der Waals surface area (Å²) in [5.41, 5.74) is 1.97. The van der Waals surface area contributed by atoms with Crippen molar-refractivity contribution in [2.75, 3.05) is 20.2 Å². The minimum atomic E-state index is -0.512. The number of nitrogens with one attached hydrogen (secondary N) is 2. The van der Waals surface area contributed by atoms with E-state index < -0.39 is 6.04 Å². The van der Waals surface area contributed by atoms with Crippen LogP contribution in [0.15, 0.2) is 48.2 Å². The van der Waals surface area contributed by atoms with E-state index in [0.717, 1.165) is 5.56 Å². The number of nitrogens with zero attached hydrogens (tertiary/aromatic N) is 1. The molecule has 1 aromatic carbocycles. The van der Waals surface area contributed by atoms with Crippen LogP contribution in [0.5, 0.6) is 5.75 Å². The Labute approximate surface area is 128 Å². The number of benzene rings is 1. The molecule has 0 aliphatic carbocycles. The lowest BCUT2D eigenvalue weighted by Crippen LogP contribution is -2.44. The van der Waals surface area contributed by atoms with Crippen LogP contribution >= 0.6 is 0 Å². The van der Waals surface area contributed by atoms with Crippen LogP contribution in [0.1, 0.15) is 11.6 Å². The number of rotatable bonds is 4. The highest BCUT2D eigenvalue weighted by molar-refractivity contribution is 6.01. The van der Waals surface area contributed by atoms with Crippen LogP contribution in [-0.2, 0) is 4.79 Å². The lowest BCUT2D eigenvalue weighted by atomic mass is 9.95. The van der Waals surface area contributed by atoms with Crippen LogP contribution in [-0.4, -0.2) is 37.0 Å². The van der Waals surface area contributed by atoms with Crippen LogP contribution in [0.4, 0.5) is 4.79 Å². The van der Waals surface area contributed by atoms with Crippen molar-refractivity contribution in [1.82, 2.24) is 15.5 Å². The van der Waals surface area contributed by atoms with Gasteiger partial charge in [-0.3, -0.25) is 4.79 Å². The molecule has 0 radical (unpaired) electrons. The molecular formula is C16H17N3O3. The van der Waals surface area contributed by atoms with E-state index in [1.165, 1.54) is 0 Å². The number of amides is 3. The van der Waals surface area contributed by atoms with Crippen molar-refractivity contribution >= 4 is 11.9 Å². The standard InChI is InChI=1S/C16H17N3O3/c1-3-8-19-9-11-13(15(19)20)14(18-16(21)17-11)10-6-4-5-7-12(10)22-2/h3-7,14H,1,8-9H2,2H3,(H2,17,18,21)/t14-/m0/s1. The second-order valence-corrected chi connectivity index (χ2v) is 5.14. The zero-order valence-electron chi connectivity index (χ0n) is 12.3. The molecule has 0 spiro atoms. The Balaban J connectivity index is 2.04. The Bertz CT molecular complexity index is 681. The van der Waals surface area contributed by atoms with Gasteiger partial charge in [-0.05, 0) is 6.07 Å². The molecule has 0 fully saturated rings. The molecule has 0 bridgehead atoms. The molecule has 6 nitrogen and oxygen atoms in total. The molecule has 0 saturated heterocycles. The van der Waals surface area contributed by atoms with E-state index in [0.29, 0.717) is 30.1 Å². The zero-order chi connectivity index (χ0) is 15.7. The number of hydrogen-bond donors (Lipinski definition) is 2. The Morgan fingerprint density at radius 2 is 2.18 bits per heavy atom. The highest BCUT2D eigenvalue weighted by Gasteiger charge is 2.40. The summed E-state index contributed by atoms with van der Waals surface area (Å²) in [4.78, 5) is 26.2. The first-order valence-corrected chi connectivity index (χ1v) is 6.99. The smallest absolute Gasteiger partial charge is 0.319 e. The number of para-hydroxylation sites is 1. The van der Waals surface area contributed by atoms with Crippen LogP contribution in [0.2, 0.25) is 0 Å². The van der Waals surface area contributed by atoms with Crippen molar-refractivity contribution in [3.8, 4) is 5.75 Å². The Kier molecular flexibility index (Phi) is 3.58. The molecule has 22 heavy (non-hydrogen) atoms. The van der Waals surface area contributed by atoms with Gasteiger partial charge in [0.05, 0.1) is 31.0 Å². The van der Waals surface area contributed by atoms with Gasteiger partial charge in [0.25, 0.3) is 5.91 Å². The van der Waals surface area contributed by atoms with E-state index in [1.807, 2.05) is 24.3 Å². The van der Waals surface area contributed by atoms with Gasteiger partial charge in [-0.25, -0.2) is 4.79 Å². The van der Waals surface area contributed by atoms with E-state index in [9.17, 15) is 9.59 Å². The average Bonchev–Trinajstić information content (AvgIpc) is 2.83. The number of ether oxygens (including phenoxy) is 1. The molecule has 114 valence electrons. The second kappa shape index (κ2) is 5.55. The Morgan fingerprint density at radius 1 is 1.41 bits per heavy atom. The van der Waals surface area contributed by atoms with Crippen molar-refractivity contribution in [2.24, 2.45) is 0 Å². The summed E-state index contributed by atoms with van der Waals surface area (Å²) < 4.78 is 5.36. The highest BCUT2D eigenvalue weighted by Crippen LogP contribution is 2.36. The summed E-state index contributed by atoms with van der Waals surface area (Å²) in [5.74, 6) is 0.537. The number of urea groups is 1. The summed E-state index contributed by atoms with van der Waals surface area (Å²) in [7, 11) is 1.57. The summed E-state index contributed by atoms with van der Waals surface area (Å²) in [6.07, 6.45) is 1.67. The summed E-state index contributed by atoms with van der Waals surface area (Å²) in [5, 5.41) is 5.54. The maximum Gasteiger partial charge on any atom is 0.319 e. The van der Waals surface area contributed by atoms with Gasteiger partial charge in [-0.1, -0.05) is 24.3 Å². The molecule has 0 unspecified atom stereocenters. The van der Waals surface area contributed by atoms with Crippen molar-refractivity contribution in [3.63, 3.8) is 0 Å². The molecule has 0 saturated carbocycles. The maximum atomic E-state index is 12.6. The van der Waals surface area contributed by atoms with Crippen molar-refractivity contribution in [1.29, 1.82) is 0 Å². The van der Waals surface area contributed by atoms with E-state index in [4.69, 9.17) is 4.74 Å². The number of methoxy groups -OCH3 is 1. The number of hydrogen-bond acceptors (Lipinski definition) is 3. The molecule has 3 rings (SSSR count). The normalized spacial score (nSPS) is 20.4. The summed E-state index contributed by atoms with van der Waals surface area (Å²) >= 11 is 0. The van der Waals surface area contributed by atoms with Gasteiger partial charge >= 0.3 is 6.03 Å². The Hall–Kier alpha value is -2.76. The third-order valence-corrected chi connectivity index (χ3v) is 3.82. The first-order chi connectivity index (χ1) is 10.7. The largest absolute Gasteiger partial charge is 0.496 e. The maximum absolute atomic E-state index is 12.6. The van der Waals surface area contributed by atoms with Gasteiger partial charge in [-0.2, -0.15) is 0 Å². The predicted octanol–water partition coefficient (Wildman–Crippen LogP) is 1.33. The highest BCUT2D eigenvalue weighted by atomic mass is 16.5. The fourth-order valence-electron chi connectivity index (χ4n) is 2.87. The van der Waals surface area contributed by atoms with Crippen LogP contribution in [0, 0.1) is 0 Å². The van der Waals surface area contributed by atoms with Gasteiger partial charge in [-0.15, -0.1) is 6.58 Å². The fourth-order valence-corrected chi connectivity index (χ4v) is 2.87. The quantitative estimate of drug-likeness (QED) is 0.824. The Morgan fingerprint density at radius 3 is 2.91 bits per heavy atom. The molecular weight excluding hydrogens is 282 g/mol. The first kappa shape index (κ1) is 14.2. The molecule has 2 aliphatic rings. The second-order valence-electron chi connectivity index (χ2n) is 5.14. The minimum absolute atomic E-state index is 0.0988. The van der Waals surface area contributed by atoms with Crippen molar-refractivity contribution < 1.29 is 14.3 Å². The van der Waals surface area contributed by atoms with Crippen LogP contribution in [0.3, 0.4) is 0 Å². The topological polar surface area (TPSA) is 70.7 Å². The molecule has 3 amide bonds. The summed E-state index contributed by atoms with van der Waals surface area (Å²) in [6, 6.07) is 6.53. The lowest BCUT2D eigenvalue weighted by molar-refractivity contribution is -0.125. The predicted molar refractivity (Wildman–Crippen MR) is 81.2 cm³/mol. The monoisotopic (exact) mass is 299 g/mol. The van der Waals surface area contributed by atoms with Gasteiger partial charge in [0.2, 0.25) is 0 Å². The molecule has 2 heterocycles. The van der Waals surface area contributed by atoms with Gasteiger partial charge in [0.15, 0.2) is 0 Å². The fraction of sp³-hybridized carbons (Fsp3) is 0.250. The van der Waals surface area contributed by atoms with Crippen LogP contribution in [0.25, 0.3) is 0 Å². The van der Waals surface area contributed by atoms with E-state index >= 15 is 0 Å². The lowest BCUT2D eigenvalue weighted by Gasteiger charge is -2.26. The molecule has 1 atom stereocenters. The summed E-state index contributed by atoms with van der Waals surface area (Å²) in [6.45, 7) is 4.49. The number of carbonyl (C=O) groups excluding carboxylic acids is 2. The number of carbonyl (C=O) groups is 2. The van der Waals surface area contributed by atoms with Crippen molar-refractivity contribution in [2.45, 2.75) is 6.04 Å².